The van der Waals surface area contributed by atoms with E-state index in [0.29, 0.717) is 18.0 Å². The van der Waals surface area contributed by atoms with Crippen LogP contribution in [-0.4, -0.2) is 30.5 Å². The Bertz CT molecular complexity index is 449. The fraction of sp³-hybridized carbons (Fsp3) is 0.571. The summed E-state index contributed by atoms with van der Waals surface area (Å²) in [5.41, 5.74) is 0.407. The third-order valence-corrected chi connectivity index (χ3v) is 2.67. The molecule has 1 aromatic carbocycles. The molecule has 2 N–H and O–H groups in total. The third kappa shape index (κ3) is 6.31. The minimum Gasteiger partial charge on any atom is -0.490 e. The number of hydrogen-bond acceptors (Lipinski definition) is 3. The van der Waals surface area contributed by atoms with Gasteiger partial charge in [0, 0.05) is 12.1 Å². The molecule has 0 saturated carbocycles. The largest absolute Gasteiger partial charge is 0.490 e. The van der Waals surface area contributed by atoms with Crippen molar-refractivity contribution in [1.29, 1.82) is 0 Å². The lowest BCUT2D eigenvalue weighted by Crippen LogP contribution is -2.34. The highest BCUT2D eigenvalue weighted by Gasteiger charge is 2.38. The van der Waals surface area contributed by atoms with Crippen molar-refractivity contribution in [2.45, 2.75) is 32.7 Å². The van der Waals surface area contributed by atoms with Gasteiger partial charge in [0.1, 0.15) is 18.2 Å². The maximum Gasteiger partial charge on any atom is 0.417 e. The minimum atomic E-state index is -4.74. The number of ether oxygens (including phenoxy) is 1. The zero-order chi connectivity index (χ0) is 16.0. The van der Waals surface area contributed by atoms with Gasteiger partial charge in [-0.3, -0.25) is 0 Å². The Labute approximate surface area is 120 Å². The van der Waals surface area contributed by atoms with Crippen LogP contribution >= 0.6 is 0 Å². The van der Waals surface area contributed by atoms with Crippen LogP contribution < -0.4 is 10.1 Å². The fourth-order valence-electron chi connectivity index (χ4n) is 1.59. The molecule has 0 aliphatic heterocycles. The van der Waals surface area contributed by atoms with Crippen molar-refractivity contribution in [2.24, 2.45) is 5.92 Å². The molecule has 1 atom stereocenters. The lowest BCUT2D eigenvalue weighted by Gasteiger charge is -2.17. The van der Waals surface area contributed by atoms with Crippen molar-refractivity contribution in [2.75, 3.05) is 13.2 Å². The van der Waals surface area contributed by atoms with Gasteiger partial charge in [0.2, 0.25) is 0 Å². The molecule has 1 unspecified atom stereocenters. The summed E-state index contributed by atoms with van der Waals surface area (Å²) in [6.07, 6.45) is -7.31. The standard InChI is InChI=1S/C14H19F4NO2/c1-9(2)6-19-7-10-5-11(15)3-4-12(10)21-8-13(20)14(16,17)18/h3-5,9,13,19-20H,6-8H2,1-2H3. The van der Waals surface area contributed by atoms with E-state index in [0.717, 1.165) is 6.07 Å². The second-order valence-corrected chi connectivity index (χ2v) is 5.15. The van der Waals surface area contributed by atoms with Crippen LogP contribution in [0.2, 0.25) is 0 Å². The highest BCUT2D eigenvalue weighted by molar-refractivity contribution is 5.34. The topological polar surface area (TPSA) is 41.5 Å². The molecule has 0 saturated heterocycles. The molecule has 1 rings (SSSR count). The van der Waals surface area contributed by atoms with Gasteiger partial charge in [0.15, 0.2) is 6.10 Å². The van der Waals surface area contributed by atoms with Crippen LogP contribution in [0.25, 0.3) is 0 Å². The molecule has 3 nitrogen and oxygen atoms in total. The first kappa shape index (κ1) is 17.7. The van der Waals surface area contributed by atoms with Crippen LogP contribution in [0.15, 0.2) is 18.2 Å². The van der Waals surface area contributed by atoms with Crippen LogP contribution in [0, 0.1) is 11.7 Å². The third-order valence-electron chi connectivity index (χ3n) is 2.67. The quantitative estimate of drug-likeness (QED) is 0.761. The smallest absolute Gasteiger partial charge is 0.417 e. The number of nitrogens with one attached hydrogen (secondary N) is 1. The summed E-state index contributed by atoms with van der Waals surface area (Å²) in [5.74, 6) is 0.00556. The van der Waals surface area contributed by atoms with Gasteiger partial charge in [-0.2, -0.15) is 13.2 Å². The van der Waals surface area contributed by atoms with Crippen LogP contribution in [-0.2, 0) is 6.54 Å². The Morgan fingerprint density at radius 3 is 2.52 bits per heavy atom. The van der Waals surface area contributed by atoms with Gasteiger partial charge in [0.25, 0.3) is 0 Å². The molecule has 0 fully saturated rings. The van der Waals surface area contributed by atoms with Crippen molar-refractivity contribution in [3.05, 3.63) is 29.6 Å². The second-order valence-electron chi connectivity index (χ2n) is 5.15. The first-order chi connectivity index (χ1) is 9.70. The van der Waals surface area contributed by atoms with E-state index in [2.05, 4.69) is 5.32 Å². The molecule has 0 amide bonds. The predicted octanol–water partition coefficient (Wildman–Crippen LogP) is 2.87. The molecule has 7 heteroatoms. The average Bonchev–Trinajstić information content (AvgIpc) is 2.35. The normalized spacial score (nSPS) is 13.5. The molecule has 0 aromatic heterocycles. The van der Waals surface area contributed by atoms with Crippen molar-refractivity contribution in [3.63, 3.8) is 0 Å². The number of benzene rings is 1. The summed E-state index contributed by atoms with van der Waals surface area (Å²) in [4.78, 5) is 0. The van der Waals surface area contributed by atoms with Gasteiger partial charge < -0.3 is 15.2 Å². The Morgan fingerprint density at radius 2 is 1.95 bits per heavy atom. The van der Waals surface area contributed by atoms with E-state index in [-0.39, 0.29) is 12.3 Å². The average molecular weight is 309 g/mol. The lowest BCUT2D eigenvalue weighted by molar-refractivity contribution is -0.210. The molecular weight excluding hydrogens is 290 g/mol. The number of hydrogen-bond donors (Lipinski definition) is 2. The highest BCUT2D eigenvalue weighted by Crippen LogP contribution is 2.23. The van der Waals surface area contributed by atoms with Crippen LogP contribution in [0.3, 0.4) is 0 Å². The van der Waals surface area contributed by atoms with E-state index >= 15 is 0 Å². The molecule has 1 aromatic rings. The van der Waals surface area contributed by atoms with Gasteiger partial charge >= 0.3 is 6.18 Å². The summed E-state index contributed by atoms with van der Waals surface area (Å²) < 4.78 is 54.8. The Morgan fingerprint density at radius 1 is 1.29 bits per heavy atom. The molecular formula is C14H19F4NO2. The van der Waals surface area contributed by atoms with E-state index in [9.17, 15) is 17.6 Å². The van der Waals surface area contributed by atoms with E-state index in [1.54, 1.807) is 0 Å². The molecule has 0 spiro atoms. The zero-order valence-corrected chi connectivity index (χ0v) is 11.9. The molecule has 120 valence electrons. The predicted molar refractivity (Wildman–Crippen MR) is 70.5 cm³/mol. The van der Waals surface area contributed by atoms with Gasteiger partial charge in [-0.25, -0.2) is 4.39 Å². The Balaban J connectivity index is 2.68. The molecule has 21 heavy (non-hydrogen) atoms. The Kier molecular flexibility index (Phi) is 6.42. The van der Waals surface area contributed by atoms with Crippen LogP contribution in [0.5, 0.6) is 5.75 Å². The summed E-state index contributed by atoms with van der Waals surface area (Å²) in [5, 5.41) is 12.0. The van der Waals surface area contributed by atoms with Gasteiger partial charge in [0.05, 0.1) is 0 Å². The van der Waals surface area contributed by atoms with E-state index in [1.807, 2.05) is 13.8 Å². The van der Waals surface area contributed by atoms with E-state index < -0.39 is 24.7 Å². The molecule has 0 heterocycles. The summed E-state index contributed by atoms with van der Waals surface area (Å²) in [7, 11) is 0. The van der Waals surface area contributed by atoms with Crippen LogP contribution in [0.4, 0.5) is 17.6 Å². The summed E-state index contributed by atoms with van der Waals surface area (Å²) in [6.45, 7) is 4.02. The van der Waals surface area contributed by atoms with E-state index in [1.165, 1.54) is 12.1 Å². The van der Waals surface area contributed by atoms with Gasteiger partial charge in [-0.05, 0) is 30.7 Å². The van der Waals surface area contributed by atoms with Gasteiger partial charge in [-0.1, -0.05) is 13.8 Å². The van der Waals surface area contributed by atoms with Crippen molar-refractivity contribution < 1.29 is 27.4 Å². The number of halogens is 4. The van der Waals surface area contributed by atoms with Crippen molar-refractivity contribution >= 4 is 0 Å². The number of aliphatic hydroxyl groups is 1. The fourth-order valence-corrected chi connectivity index (χ4v) is 1.59. The number of aliphatic hydroxyl groups excluding tert-OH is 1. The van der Waals surface area contributed by atoms with Gasteiger partial charge in [-0.15, -0.1) is 0 Å². The summed E-state index contributed by atoms with van der Waals surface area (Å²) >= 11 is 0. The highest BCUT2D eigenvalue weighted by atomic mass is 19.4. The number of rotatable bonds is 7. The minimum absolute atomic E-state index is 0.121. The summed E-state index contributed by atoms with van der Waals surface area (Å²) in [6, 6.07) is 3.55. The maximum absolute atomic E-state index is 13.2. The maximum atomic E-state index is 13.2. The van der Waals surface area contributed by atoms with Crippen molar-refractivity contribution in [1.82, 2.24) is 5.32 Å². The number of alkyl halides is 3. The molecule has 0 aliphatic rings. The Hall–Kier alpha value is -1.34. The molecule has 0 radical (unpaired) electrons. The lowest BCUT2D eigenvalue weighted by atomic mass is 10.1. The van der Waals surface area contributed by atoms with E-state index in [4.69, 9.17) is 9.84 Å². The monoisotopic (exact) mass is 309 g/mol. The SMILES string of the molecule is CC(C)CNCc1cc(F)ccc1OCC(O)C(F)(F)F. The zero-order valence-electron chi connectivity index (χ0n) is 11.9. The first-order valence-corrected chi connectivity index (χ1v) is 6.57. The second kappa shape index (κ2) is 7.61. The van der Waals surface area contributed by atoms with Crippen molar-refractivity contribution in [3.8, 4) is 5.75 Å². The molecule has 0 bridgehead atoms. The first-order valence-electron chi connectivity index (χ1n) is 6.57. The molecule has 0 aliphatic carbocycles. The van der Waals surface area contributed by atoms with Crippen LogP contribution in [0.1, 0.15) is 19.4 Å².